The van der Waals surface area contributed by atoms with Crippen molar-refractivity contribution in [2.45, 2.75) is 12.5 Å². The van der Waals surface area contributed by atoms with Crippen molar-refractivity contribution in [1.82, 2.24) is 10.6 Å². The summed E-state index contributed by atoms with van der Waals surface area (Å²) in [5.41, 5.74) is 0.362. The maximum atomic E-state index is 11.8. The summed E-state index contributed by atoms with van der Waals surface area (Å²) in [6.45, 7) is 0.446. The predicted molar refractivity (Wildman–Crippen MR) is 75.7 cm³/mol. The largest absolute Gasteiger partial charge is 0.354 e. The molecule has 0 heterocycles. The zero-order valence-electron chi connectivity index (χ0n) is 11.0. The molecular formula is C13H14ClN3O4. The van der Waals surface area contributed by atoms with Gasteiger partial charge in [-0.1, -0.05) is 23.7 Å². The van der Waals surface area contributed by atoms with Gasteiger partial charge in [0, 0.05) is 24.4 Å². The highest BCUT2D eigenvalue weighted by Gasteiger charge is 2.53. The summed E-state index contributed by atoms with van der Waals surface area (Å²) < 4.78 is 0. The summed E-state index contributed by atoms with van der Waals surface area (Å²) in [5, 5.41) is 16.0. The third kappa shape index (κ3) is 3.91. The summed E-state index contributed by atoms with van der Waals surface area (Å²) in [5.74, 6) is -1.22. The minimum atomic E-state index is -0.761. The average molecular weight is 312 g/mol. The minimum Gasteiger partial charge on any atom is -0.354 e. The Morgan fingerprint density at radius 1 is 1.29 bits per heavy atom. The van der Waals surface area contributed by atoms with E-state index in [-0.39, 0.29) is 31.3 Å². The smallest absolute Gasteiger partial charge is 0.252 e. The Labute approximate surface area is 125 Å². The van der Waals surface area contributed by atoms with Crippen LogP contribution >= 0.6 is 11.6 Å². The molecule has 2 N–H and O–H groups in total. The Kier molecular flexibility index (Phi) is 4.74. The van der Waals surface area contributed by atoms with Crippen molar-refractivity contribution in [2.75, 3.05) is 13.1 Å². The van der Waals surface area contributed by atoms with Crippen LogP contribution in [0.25, 0.3) is 0 Å². The highest BCUT2D eigenvalue weighted by atomic mass is 35.5. The number of carbonyl (C=O) groups excluding carboxylic acids is 2. The lowest BCUT2D eigenvalue weighted by Crippen LogP contribution is -2.36. The molecule has 2 amide bonds. The van der Waals surface area contributed by atoms with Crippen molar-refractivity contribution in [2.24, 2.45) is 5.92 Å². The molecule has 21 heavy (non-hydrogen) atoms. The minimum absolute atomic E-state index is 0.218. The molecule has 112 valence electrons. The van der Waals surface area contributed by atoms with Gasteiger partial charge in [0.25, 0.3) is 5.91 Å². The third-order valence-corrected chi connectivity index (χ3v) is 3.52. The molecule has 2 atom stereocenters. The molecule has 0 unspecified atom stereocenters. The SMILES string of the molecule is O=C(NCCNC(=O)[C@@H]1C[C@@H]1[N+](=O)[O-])c1ccccc1Cl. The van der Waals surface area contributed by atoms with Gasteiger partial charge in [-0.25, -0.2) is 0 Å². The Morgan fingerprint density at radius 2 is 1.95 bits per heavy atom. The summed E-state index contributed by atoms with van der Waals surface area (Å²) in [6.07, 6.45) is 0.283. The third-order valence-electron chi connectivity index (χ3n) is 3.19. The van der Waals surface area contributed by atoms with E-state index in [2.05, 4.69) is 10.6 Å². The number of hydrogen-bond acceptors (Lipinski definition) is 4. The molecule has 1 saturated carbocycles. The van der Waals surface area contributed by atoms with E-state index in [0.29, 0.717) is 10.6 Å². The number of benzene rings is 1. The molecule has 1 fully saturated rings. The van der Waals surface area contributed by atoms with Crippen LogP contribution in [-0.2, 0) is 4.79 Å². The molecule has 0 saturated heterocycles. The van der Waals surface area contributed by atoms with Gasteiger partial charge in [-0.2, -0.15) is 0 Å². The van der Waals surface area contributed by atoms with Gasteiger partial charge >= 0.3 is 0 Å². The molecule has 0 spiro atoms. The number of nitrogens with zero attached hydrogens (tertiary/aromatic N) is 1. The number of halogens is 1. The summed E-state index contributed by atoms with van der Waals surface area (Å²) in [4.78, 5) is 33.3. The van der Waals surface area contributed by atoms with Crippen LogP contribution in [-0.4, -0.2) is 35.9 Å². The van der Waals surface area contributed by atoms with E-state index in [4.69, 9.17) is 11.6 Å². The molecule has 2 rings (SSSR count). The van der Waals surface area contributed by atoms with Gasteiger partial charge in [0.15, 0.2) is 0 Å². The van der Waals surface area contributed by atoms with Gasteiger partial charge in [-0.05, 0) is 12.1 Å². The van der Waals surface area contributed by atoms with Crippen LogP contribution in [0.5, 0.6) is 0 Å². The maximum absolute atomic E-state index is 11.8. The van der Waals surface area contributed by atoms with Crippen molar-refractivity contribution in [3.05, 3.63) is 45.0 Å². The summed E-state index contributed by atoms with van der Waals surface area (Å²) in [7, 11) is 0. The first kappa shape index (κ1) is 15.2. The molecule has 1 aliphatic rings. The first-order chi connectivity index (χ1) is 10.0. The van der Waals surface area contributed by atoms with Crippen LogP contribution in [0.4, 0.5) is 0 Å². The topological polar surface area (TPSA) is 101 Å². The number of hydrogen-bond donors (Lipinski definition) is 2. The summed E-state index contributed by atoms with van der Waals surface area (Å²) in [6, 6.07) is 5.88. The maximum Gasteiger partial charge on any atom is 0.252 e. The fraction of sp³-hybridized carbons (Fsp3) is 0.385. The van der Waals surface area contributed by atoms with E-state index in [9.17, 15) is 19.7 Å². The van der Waals surface area contributed by atoms with Gasteiger partial charge in [0.2, 0.25) is 11.9 Å². The Morgan fingerprint density at radius 3 is 2.57 bits per heavy atom. The normalized spacial score (nSPS) is 19.7. The van der Waals surface area contributed by atoms with Crippen LogP contribution in [0.15, 0.2) is 24.3 Å². The number of nitrogens with one attached hydrogen (secondary N) is 2. The zero-order chi connectivity index (χ0) is 15.4. The molecule has 0 aliphatic heterocycles. The highest BCUT2D eigenvalue weighted by molar-refractivity contribution is 6.33. The predicted octanol–water partition coefficient (Wildman–Crippen LogP) is 0.851. The monoisotopic (exact) mass is 311 g/mol. The van der Waals surface area contributed by atoms with E-state index in [1.165, 1.54) is 0 Å². The standard InChI is InChI=1S/C13H14ClN3O4/c14-10-4-2-1-3-8(10)12(18)15-5-6-16-13(19)9-7-11(9)17(20)21/h1-4,9,11H,5-7H2,(H,15,18)(H,16,19)/t9-,11+/m1/s1. The van der Waals surface area contributed by atoms with Crippen LogP contribution in [0.1, 0.15) is 16.8 Å². The molecule has 1 aromatic carbocycles. The van der Waals surface area contributed by atoms with Crippen LogP contribution in [0, 0.1) is 16.0 Å². The molecule has 0 radical (unpaired) electrons. The lowest BCUT2D eigenvalue weighted by molar-refractivity contribution is -0.497. The Hall–Kier alpha value is -2.15. The van der Waals surface area contributed by atoms with Crippen molar-refractivity contribution in [3.63, 3.8) is 0 Å². The van der Waals surface area contributed by atoms with Crippen molar-refractivity contribution in [1.29, 1.82) is 0 Å². The highest BCUT2D eigenvalue weighted by Crippen LogP contribution is 2.32. The fourth-order valence-corrected chi connectivity index (χ4v) is 2.15. The lowest BCUT2D eigenvalue weighted by Gasteiger charge is -2.07. The van der Waals surface area contributed by atoms with Crippen molar-refractivity contribution in [3.8, 4) is 0 Å². The fourth-order valence-electron chi connectivity index (χ4n) is 1.93. The zero-order valence-corrected chi connectivity index (χ0v) is 11.8. The number of nitro groups is 1. The van der Waals surface area contributed by atoms with Crippen LogP contribution < -0.4 is 10.6 Å². The van der Waals surface area contributed by atoms with E-state index in [1.807, 2.05) is 0 Å². The van der Waals surface area contributed by atoms with Crippen LogP contribution in [0.2, 0.25) is 5.02 Å². The molecule has 0 aromatic heterocycles. The van der Waals surface area contributed by atoms with Crippen molar-refractivity contribution >= 4 is 23.4 Å². The first-order valence-corrected chi connectivity index (χ1v) is 6.82. The Balaban J connectivity index is 1.69. The van der Waals surface area contributed by atoms with Gasteiger partial charge in [0.05, 0.1) is 10.6 Å². The number of amides is 2. The molecular weight excluding hydrogens is 298 g/mol. The quantitative estimate of drug-likeness (QED) is 0.462. The molecule has 1 aliphatic carbocycles. The number of carbonyl (C=O) groups is 2. The van der Waals surface area contributed by atoms with Gasteiger partial charge in [-0.3, -0.25) is 19.7 Å². The van der Waals surface area contributed by atoms with Crippen molar-refractivity contribution < 1.29 is 14.5 Å². The molecule has 8 heteroatoms. The first-order valence-electron chi connectivity index (χ1n) is 6.44. The molecule has 7 nitrogen and oxygen atoms in total. The van der Waals surface area contributed by atoms with Gasteiger partial charge < -0.3 is 10.6 Å². The second-order valence-electron chi connectivity index (χ2n) is 4.72. The van der Waals surface area contributed by atoms with E-state index >= 15 is 0 Å². The molecule has 1 aromatic rings. The lowest BCUT2D eigenvalue weighted by atomic mass is 10.2. The Bertz CT molecular complexity index is 578. The van der Waals surface area contributed by atoms with E-state index in [0.717, 1.165) is 0 Å². The van der Waals surface area contributed by atoms with Gasteiger partial charge in [0.1, 0.15) is 5.92 Å². The van der Waals surface area contributed by atoms with Crippen LogP contribution in [0.3, 0.4) is 0 Å². The summed E-state index contributed by atoms with van der Waals surface area (Å²) >= 11 is 5.88. The second-order valence-corrected chi connectivity index (χ2v) is 5.13. The average Bonchev–Trinajstić information content (AvgIpc) is 3.24. The second kappa shape index (κ2) is 6.53. The number of rotatable bonds is 6. The molecule has 0 bridgehead atoms. The van der Waals surface area contributed by atoms with Gasteiger partial charge in [-0.15, -0.1) is 0 Å². The van der Waals surface area contributed by atoms with E-state index in [1.54, 1.807) is 24.3 Å². The van der Waals surface area contributed by atoms with E-state index < -0.39 is 16.9 Å².